The number of aromatic amines is 1. The van der Waals surface area contributed by atoms with Gasteiger partial charge in [-0.1, -0.05) is 0 Å². The number of nitrogens with one attached hydrogen (secondary N) is 1. The molecule has 1 aliphatic heterocycles. The second-order valence-corrected chi connectivity index (χ2v) is 5.80. The first kappa shape index (κ1) is 13.0. The molecule has 1 atom stereocenters. The molecule has 100 valence electrons. The number of hydrogen-bond donors (Lipinski definition) is 2. The molecule has 9 heteroatoms. The summed E-state index contributed by atoms with van der Waals surface area (Å²) in [5.74, 6) is -1.33. The molecule has 0 aromatic carbocycles. The molecule has 1 unspecified atom stereocenters. The Bertz CT molecular complexity index is 552. The molecule has 2 N–H and O–H groups in total. The van der Waals surface area contributed by atoms with Crippen molar-refractivity contribution in [2.75, 3.05) is 20.2 Å². The fourth-order valence-corrected chi connectivity index (χ4v) is 3.41. The van der Waals surface area contributed by atoms with Crippen molar-refractivity contribution in [3.63, 3.8) is 0 Å². The van der Waals surface area contributed by atoms with Gasteiger partial charge < -0.3 is 9.84 Å². The Kier molecular flexibility index (Phi) is 3.37. The molecule has 0 bridgehead atoms. The molecule has 1 fully saturated rings. The highest BCUT2D eigenvalue weighted by Gasteiger charge is 2.36. The van der Waals surface area contributed by atoms with E-state index in [0.717, 1.165) is 6.20 Å². The summed E-state index contributed by atoms with van der Waals surface area (Å²) in [5.41, 5.74) is -0.351. The van der Waals surface area contributed by atoms with E-state index in [4.69, 9.17) is 9.84 Å². The summed E-state index contributed by atoms with van der Waals surface area (Å²) in [6.07, 6.45) is 1.42. The van der Waals surface area contributed by atoms with Gasteiger partial charge in [0.2, 0.25) is 0 Å². The Morgan fingerprint density at radius 1 is 1.67 bits per heavy atom. The molecule has 1 aliphatic rings. The third-order valence-electron chi connectivity index (χ3n) is 2.87. The molecular weight excluding hydrogens is 262 g/mol. The summed E-state index contributed by atoms with van der Waals surface area (Å²) in [6, 6.07) is 0. The Balaban J connectivity index is 2.32. The summed E-state index contributed by atoms with van der Waals surface area (Å²) < 4.78 is 30.7. The Hall–Kier alpha value is -1.45. The molecule has 0 aliphatic carbocycles. The number of carboxylic acid groups (broad SMARTS) is 1. The molecule has 18 heavy (non-hydrogen) atoms. The summed E-state index contributed by atoms with van der Waals surface area (Å²) in [5, 5.41) is 14.2. The fourth-order valence-electron chi connectivity index (χ4n) is 1.86. The second kappa shape index (κ2) is 4.67. The van der Waals surface area contributed by atoms with Crippen LogP contribution in [-0.2, 0) is 14.8 Å². The van der Waals surface area contributed by atoms with Crippen LogP contribution >= 0.6 is 0 Å². The Labute approximate surface area is 104 Å². The number of nitrogens with zero attached hydrogens (tertiary/aromatic N) is 2. The van der Waals surface area contributed by atoms with E-state index in [9.17, 15) is 13.2 Å². The van der Waals surface area contributed by atoms with Gasteiger partial charge in [-0.15, -0.1) is 0 Å². The highest BCUT2D eigenvalue weighted by molar-refractivity contribution is 7.89. The van der Waals surface area contributed by atoms with Gasteiger partial charge in [-0.05, 0) is 6.42 Å². The molecule has 0 spiro atoms. The normalized spacial score (nSPS) is 21.3. The first-order valence-electron chi connectivity index (χ1n) is 5.26. The van der Waals surface area contributed by atoms with Crippen molar-refractivity contribution < 1.29 is 23.1 Å². The number of H-pyrrole nitrogens is 1. The second-order valence-electron chi connectivity index (χ2n) is 3.93. The van der Waals surface area contributed by atoms with Gasteiger partial charge in [0.05, 0.1) is 12.3 Å². The Morgan fingerprint density at radius 3 is 2.94 bits per heavy atom. The van der Waals surface area contributed by atoms with E-state index in [1.54, 1.807) is 0 Å². The van der Waals surface area contributed by atoms with E-state index in [1.165, 1.54) is 11.4 Å². The van der Waals surface area contributed by atoms with Crippen LogP contribution in [0.15, 0.2) is 11.2 Å². The number of sulfonamides is 1. The average Bonchev–Trinajstić information content (AvgIpc) is 2.98. The minimum Gasteiger partial charge on any atom is -0.478 e. The zero-order chi connectivity index (χ0) is 13.3. The van der Waals surface area contributed by atoms with Crippen LogP contribution in [0.4, 0.5) is 0 Å². The lowest BCUT2D eigenvalue weighted by Gasteiger charge is -2.15. The van der Waals surface area contributed by atoms with Crippen molar-refractivity contribution >= 4 is 16.0 Å². The summed E-state index contributed by atoms with van der Waals surface area (Å²) in [4.78, 5) is 10.9. The number of aromatic nitrogens is 2. The number of rotatable bonds is 4. The van der Waals surface area contributed by atoms with Gasteiger partial charge in [0.15, 0.2) is 5.03 Å². The molecule has 2 heterocycles. The monoisotopic (exact) mass is 275 g/mol. The number of methoxy groups -OCH3 is 1. The lowest BCUT2D eigenvalue weighted by Crippen LogP contribution is -2.31. The zero-order valence-corrected chi connectivity index (χ0v) is 10.5. The minimum absolute atomic E-state index is 0.157. The zero-order valence-electron chi connectivity index (χ0n) is 9.66. The van der Waals surface area contributed by atoms with Crippen molar-refractivity contribution in [2.24, 2.45) is 0 Å². The fraction of sp³-hybridized carbons (Fsp3) is 0.556. The van der Waals surface area contributed by atoms with Gasteiger partial charge in [0.1, 0.15) is 5.56 Å². The predicted molar refractivity (Wildman–Crippen MR) is 59.7 cm³/mol. The van der Waals surface area contributed by atoms with Crippen LogP contribution in [0.1, 0.15) is 16.8 Å². The van der Waals surface area contributed by atoms with Crippen LogP contribution < -0.4 is 0 Å². The molecule has 0 amide bonds. The standard InChI is InChI=1S/C9H13N3O5S/c1-17-6-2-3-12(5-6)18(15,16)8-7(9(13)14)4-10-11-8/h4,6H,2-3,5H2,1H3,(H,10,11)(H,13,14). The third-order valence-corrected chi connectivity index (χ3v) is 4.71. The molecule has 1 aromatic rings. The topological polar surface area (TPSA) is 113 Å². The van der Waals surface area contributed by atoms with Gasteiger partial charge in [0.25, 0.3) is 10.0 Å². The average molecular weight is 275 g/mol. The van der Waals surface area contributed by atoms with Crippen molar-refractivity contribution in [1.29, 1.82) is 0 Å². The maximum absolute atomic E-state index is 12.2. The van der Waals surface area contributed by atoms with Gasteiger partial charge in [-0.2, -0.15) is 9.40 Å². The van der Waals surface area contributed by atoms with Gasteiger partial charge >= 0.3 is 5.97 Å². The van der Waals surface area contributed by atoms with Crippen LogP contribution in [-0.4, -0.2) is 60.3 Å². The largest absolute Gasteiger partial charge is 0.478 e. The quantitative estimate of drug-likeness (QED) is 0.767. The maximum Gasteiger partial charge on any atom is 0.340 e. The van der Waals surface area contributed by atoms with Crippen molar-refractivity contribution in [2.45, 2.75) is 17.6 Å². The lowest BCUT2D eigenvalue weighted by atomic mass is 10.3. The van der Waals surface area contributed by atoms with Gasteiger partial charge in [-0.25, -0.2) is 13.2 Å². The van der Waals surface area contributed by atoms with E-state index in [0.29, 0.717) is 13.0 Å². The number of aromatic carboxylic acids is 1. The van der Waals surface area contributed by atoms with Crippen molar-refractivity contribution in [1.82, 2.24) is 14.5 Å². The SMILES string of the molecule is COC1CCN(S(=O)(=O)c2[nH]ncc2C(=O)O)C1. The van der Waals surface area contributed by atoms with Crippen molar-refractivity contribution in [3.05, 3.63) is 11.8 Å². The molecule has 1 aromatic heterocycles. The smallest absolute Gasteiger partial charge is 0.340 e. The van der Waals surface area contributed by atoms with E-state index in [-0.39, 0.29) is 23.2 Å². The number of carboxylic acids is 1. The minimum atomic E-state index is -3.86. The number of carbonyl (C=O) groups is 1. The summed E-state index contributed by atoms with van der Waals surface area (Å²) >= 11 is 0. The van der Waals surface area contributed by atoms with E-state index in [2.05, 4.69) is 10.2 Å². The maximum atomic E-state index is 12.2. The molecular formula is C9H13N3O5S. The van der Waals surface area contributed by atoms with Gasteiger partial charge in [-0.3, -0.25) is 5.10 Å². The van der Waals surface area contributed by atoms with E-state index in [1.807, 2.05) is 0 Å². The first-order chi connectivity index (χ1) is 8.46. The summed E-state index contributed by atoms with van der Waals surface area (Å²) in [6.45, 7) is 0.524. The van der Waals surface area contributed by atoms with Crippen molar-refractivity contribution in [3.8, 4) is 0 Å². The van der Waals surface area contributed by atoms with Crippen LogP contribution in [0.25, 0.3) is 0 Å². The van der Waals surface area contributed by atoms with E-state index < -0.39 is 16.0 Å². The number of hydrogen-bond acceptors (Lipinski definition) is 5. The van der Waals surface area contributed by atoms with Gasteiger partial charge in [0, 0.05) is 20.2 Å². The molecule has 8 nitrogen and oxygen atoms in total. The number of ether oxygens (including phenoxy) is 1. The lowest BCUT2D eigenvalue weighted by molar-refractivity contribution is 0.0692. The molecule has 0 radical (unpaired) electrons. The molecule has 2 rings (SSSR count). The highest BCUT2D eigenvalue weighted by Crippen LogP contribution is 2.23. The molecule has 0 saturated carbocycles. The van der Waals surface area contributed by atoms with Crippen LogP contribution in [0.5, 0.6) is 0 Å². The predicted octanol–water partition coefficient (Wildman–Crippen LogP) is -0.483. The highest BCUT2D eigenvalue weighted by atomic mass is 32.2. The Morgan fingerprint density at radius 2 is 2.39 bits per heavy atom. The third kappa shape index (κ3) is 2.11. The van der Waals surface area contributed by atoms with Crippen LogP contribution in [0.3, 0.4) is 0 Å². The van der Waals surface area contributed by atoms with E-state index >= 15 is 0 Å². The molecule has 1 saturated heterocycles. The first-order valence-corrected chi connectivity index (χ1v) is 6.70. The van der Waals surface area contributed by atoms with Crippen LogP contribution in [0, 0.1) is 0 Å². The summed E-state index contributed by atoms with van der Waals surface area (Å²) in [7, 11) is -2.35. The van der Waals surface area contributed by atoms with Crippen LogP contribution in [0.2, 0.25) is 0 Å².